The first-order valence-corrected chi connectivity index (χ1v) is 16.3. The average Bonchev–Trinajstić information content (AvgIpc) is 3.52. The first-order chi connectivity index (χ1) is 24.6. The molecule has 0 amide bonds. The van der Waals surface area contributed by atoms with Gasteiger partial charge < -0.3 is 28.4 Å². The second kappa shape index (κ2) is 16.9. The lowest BCUT2D eigenvalue weighted by atomic mass is 9.90. The van der Waals surface area contributed by atoms with Crippen molar-refractivity contribution in [3.63, 3.8) is 0 Å². The van der Waals surface area contributed by atoms with Gasteiger partial charge in [0.1, 0.15) is 24.4 Å². The molecule has 1 aliphatic rings. The zero-order chi connectivity index (χ0) is 34.7. The number of hydrogen-bond donors (Lipinski definition) is 0. The molecule has 4 atom stereocenters. The van der Waals surface area contributed by atoms with Crippen molar-refractivity contribution in [2.24, 2.45) is 0 Å². The van der Waals surface area contributed by atoms with E-state index in [0.29, 0.717) is 17.7 Å². The Morgan fingerprint density at radius 2 is 1.06 bits per heavy atom. The maximum atomic E-state index is 13.4. The van der Waals surface area contributed by atoms with Gasteiger partial charge in [-0.05, 0) is 22.3 Å². The maximum Gasteiger partial charge on any atom is 0.359 e. The molecule has 1 aliphatic heterocycles. The number of nitrogens with zero attached hydrogens (tertiary/aromatic N) is 2. The van der Waals surface area contributed by atoms with E-state index in [4.69, 9.17) is 28.4 Å². The Bertz CT molecular complexity index is 1840. The number of aromatic nitrogens is 2. The molecule has 0 aliphatic carbocycles. The molecule has 10 heteroatoms. The van der Waals surface area contributed by atoms with Crippen LogP contribution >= 0.6 is 0 Å². The van der Waals surface area contributed by atoms with E-state index < -0.39 is 36.4 Å². The van der Waals surface area contributed by atoms with Gasteiger partial charge in [-0.25, -0.2) is 9.59 Å². The summed E-state index contributed by atoms with van der Waals surface area (Å²) < 4.78 is 36.7. The Balaban J connectivity index is 1.47. The molecule has 4 aromatic carbocycles. The molecule has 0 unspecified atom stereocenters. The van der Waals surface area contributed by atoms with E-state index in [-0.39, 0.29) is 36.8 Å². The second-order valence-corrected chi connectivity index (χ2v) is 11.7. The Labute approximate surface area is 290 Å². The third-order valence-corrected chi connectivity index (χ3v) is 8.39. The van der Waals surface area contributed by atoms with Crippen LogP contribution in [0.5, 0.6) is 0 Å². The summed E-state index contributed by atoms with van der Waals surface area (Å²) in [5, 5.41) is 8.38. The van der Waals surface area contributed by atoms with Crippen LogP contribution in [0.3, 0.4) is 0 Å². The summed E-state index contributed by atoms with van der Waals surface area (Å²) in [7, 11) is 2.52. The molecule has 0 bridgehead atoms. The standard InChI is InChI=1S/C40H38N2O8/c1-45-39(43)34-32(30-21-13-6-14-22-30)33(35(42-41-34)40(44)46-2)37-38(49-25-29-19-11-5-12-20-29)36(48-24-28-17-9-4-10-18-28)31(50-37)26-47-23-27-15-7-3-8-16-27/h3-22,31,36-38H,23-26H2,1-2H3/t31-,36-,37+,38-/m1/s1. The van der Waals surface area contributed by atoms with Crippen LogP contribution < -0.4 is 0 Å². The lowest BCUT2D eigenvalue weighted by Gasteiger charge is -2.27. The molecule has 0 radical (unpaired) electrons. The molecule has 10 nitrogen and oxygen atoms in total. The summed E-state index contributed by atoms with van der Waals surface area (Å²) in [6.07, 6.45) is -3.11. The molecule has 5 aromatic rings. The van der Waals surface area contributed by atoms with E-state index in [2.05, 4.69) is 10.2 Å². The molecule has 50 heavy (non-hydrogen) atoms. The summed E-state index contributed by atoms with van der Waals surface area (Å²) in [6.45, 7) is 0.967. The fraction of sp³-hybridized carbons (Fsp3) is 0.250. The topological polar surface area (TPSA) is 115 Å². The van der Waals surface area contributed by atoms with Gasteiger partial charge >= 0.3 is 11.9 Å². The molecule has 6 rings (SSSR count). The number of rotatable bonds is 14. The SMILES string of the molecule is COC(=O)c1nnc(C(=O)OC)c([C@@H]2O[C@H](COCc3ccccc3)[C@@H](OCc3ccccc3)[C@H]2OCc2ccccc2)c1-c1ccccc1. The van der Waals surface area contributed by atoms with Gasteiger partial charge in [-0.3, -0.25) is 0 Å². The van der Waals surface area contributed by atoms with Gasteiger partial charge in [0.05, 0.1) is 40.6 Å². The molecule has 0 N–H and O–H groups in total. The number of carbonyl (C=O) groups is 2. The summed E-state index contributed by atoms with van der Waals surface area (Å²) in [5.41, 5.74) is 3.87. The molecule has 2 heterocycles. The van der Waals surface area contributed by atoms with Crippen LogP contribution in [0, 0.1) is 0 Å². The minimum absolute atomic E-state index is 0.0858. The van der Waals surface area contributed by atoms with Gasteiger partial charge in [-0.2, -0.15) is 0 Å². The number of hydrogen-bond acceptors (Lipinski definition) is 10. The Morgan fingerprint density at radius 1 is 0.600 bits per heavy atom. The number of carbonyl (C=O) groups excluding carboxylic acids is 2. The first-order valence-electron chi connectivity index (χ1n) is 16.3. The monoisotopic (exact) mass is 674 g/mol. The highest BCUT2D eigenvalue weighted by atomic mass is 16.6. The van der Waals surface area contributed by atoms with Crippen LogP contribution in [0.1, 0.15) is 49.3 Å². The average molecular weight is 675 g/mol. The number of methoxy groups -OCH3 is 2. The smallest absolute Gasteiger partial charge is 0.359 e. The van der Waals surface area contributed by atoms with Crippen molar-refractivity contribution in [3.8, 4) is 11.1 Å². The molecular weight excluding hydrogens is 636 g/mol. The normalized spacial score (nSPS) is 18.4. The van der Waals surface area contributed by atoms with Gasteiger partial charge in [0, 0.05) is 11.1 Å². The summed E-state index contributed by atoms with van der Waals surface area (Å²) in [5.74, 6) is -1.48. The van der Waals surface area contributed by atoms with Gasteiger partial charge in [0.15, 0.2) is 11.4 Å². The van der Waals surface area contributed by atoms with E-state index in [9.17, 15) is 9.59 Å². The highest BCUT2D eigenvalue weighted by Crippen LogP contribution is 2.44. The molecule has 1 saturated heterocycles. The molecule has 1 fully saturated rings. The van der Waals surface area contributed by atoms with Gasteiger partial charge in [0.2, 0.25) is 0 Å². The number of benzene rings is 4. The lowest BCUT2D eigenvalue weighted by Crippen LogP contribution is -2.38. The first kappa shape index (κ1) is 34.6. The fourth-order valence-corrected chi connectivity index (χ4v) is 5.99. The molecule has 1 aromatic heterocycles. The Hall–Kier alpha value is -5.26. The third-order valence-electron chi connectivity index (χ3n) is 8.39. The predicted octanol–water partition coefficient (Wildman–Crippen LogP) is 6.54. The Morgan fingerprint density at radius 3 is 1.60 bits per heavy atom. The maximum absolute atomic E-state index is 13.4. The highest BCUT2D eigenvalue weighted by Gasteiger charge is 2.50. The Kier molecular flexibility index (Phi) is 11.7. The summed E-state index contributed by atoms with van der Waals surface area (Å²) in [4.78, 5) is 26.6. The van der Waals surface area contributed by atoms with Crippen LogP contribution in [0.4, 0.5) is 0 Å². The van der Waals surface area contributed by atoms with Crippen molar-refractivity contribution in [3.05, 3.63) is 155 Å². The molecule has 256 valence electrons. The van der Waals surface area contributed by atoms with Crippen molar-refractivity contribution in [1.29, 1.82) is 0 Å². The van der Waals surface area contributed by atoms with Crippen molar-refractivity contribution < 1.29 is 38.0 Å². The van der Waals surface area contributed by atoms with Crippen LogP contribution in [-0.2, 0) is 48.2 Å². The van der Waals surface area contributed by atoms with E-state index in [0.717, 1.165) is 16.7 Å². The van der Waals surface area contributed by atoms with E-state index >= 15 is 0 Å². The number of esters is 2. The molecular formula is C40H38N2O8. The van der Waals surface area contributed by atoms with Crippen LogP contribution in [0.15, 0.2) is 121 Å². The molecule has 0 spiro atoms. The van der Waals surface area contributed by atoms with E-state index in [1.54, 1.807) is 0 Å². The summed E-state index contributed by atoms with van der Waals surface area (Å²) >= 11 is 0. The predicted molar refractivity (Wildman–Crippen MR) is 184 cm³/mol. The zero-order valence-electron chi connectivity index (χ0n) is 27.8. The van der Waals surface area contributed by atoms with Crippen LogP contribution in [-0.4, -0.2) is 61.3 Å². The van der Waals surface area contributed by atoms with Crippen LogP contribution in [0.2, 0.25) is 0 Å². The van der Waals surface area contributed by atoms with Crippen molar-refractivity contribution in [1.82, 2.24) is 10.2 Å². The van der Waals surface area contributed by atoms with Crippen LogP contribution in [0.25, 0.3) is 11.1 Å². The third kappa shape index (κ3) is 8.12. The number of ether oxygens (including phenoxy) is 6. The second-order valence-electron chi connectivity index (χ2n) is 11.7. The van der Waals surface area contributed by atoms with Crippen molar-refractivity contribution >= 4 is 11.9 Å². The van der Waals surface area contributed by atoms with Gasteiger partial charge in [-0.15, -0.1) is 10.2 Å². The van der Waals surface area contributed by atoms with Gasteiger partial charge in [0.25, 0.3) is 0 Å². The minimum Gasteiger partial charge on any atom is -0.464 e. The van der Waals surface area contributed by atoms with E-state index in [1.165, 1.54) is 14.2 Å². The van der Waals surface area contributed by atoms with Gasteiger partial charge in [-0.1, -0.05) is 121 Å². The lowest BCUT2D eigenvalue weighted by molar-refractivity contribution is -0.0898. The zero-order valence-corrected chi connectivity index (χ0v) is 27.8. The van der Waals surface area contributed by atoms with E-state index in [1.807, 2.05) is 121 Å². The van der Waals surface area contributed by atoms with Crippen molar-refractivity contribution in [2.45, 2.75) is 44.2 Å². The minimum atomic E-state index is -0.979. The molecule has 0 saturated carbocycles. The van der Waals surface area contributed by atoms with Crippen molar-refractivity contribution in [2.75, 3.05) is 20.8 Å². The fourth-order valence-electron chi connectivity index (χ4n) is 5.99. The largest absolute Gasteiger partial charge is 0.464 e. The highest BCUT2D eigenvalue weighted by molar-refractivity contribution is 5.99. The quantitative estimate of drug-likeness (QED) is 0.120. The summed E-state index contributed by atoms with van der Waals surface area (Å²) in [6, 6.07) is 38.5.